The minimum Gasteiger partial charge on any atom is -0.493 e. The summed E-state index contributed by atoms with van der Waals surface area (Å²) in [4.78, 5) is 29.2. The van der Waals surface area contributed by atoms with Crippen molar-refractivity contribution in [2.75, 3.05) is 7.11 Å². The maximum atomic E-state index is 12.6. The van der Waals surface area contributed by atoms with Gasteiger partial charge in [-0.25, -0.2) is 14.6 Å². The van der Waals surface area contributed by atoms with Crippen LogP contribution in [-0.4, -0.2) is 24.9 Å². The number of hydrogen-bond acceptors (Lipinski definition) is 6. The summed E-state index contributed by atoms with van der Waals surface area (Å²) < 4.78 is 16.6. The Morgan fingerprint density at radius 1 is 1.06 bits per heavy atom. The molecule has 0 aromatic heterocycles. The fourth-order valence-corrected chi connectivity index (χ4v) is 3.98. The first-order valence-electron chi connectivity index (χ1n) is 9.49. The highest BCUT2D eigenvalue weighted by molar-refractivity contribution is 9.10. The third kappa shape index (κ3) is 4.95. The molecule has 0 radical (unpaired) electrons. The van der Waals surface area contributed by atoms with Crippen molar-refractivity contribution in [2.24, 2.45) is 4.99 Å². The second-order valence-corrected chi connectivity index (χ2v) is 8.39. The molecule has 6 nitrogen and oxygen atoms in total. The van der Waals surface area contributed by atoms with Crippen LogP contribution in [0, 0.1) is 0 Å². The van der Waals surface area contributed by atoms with E-state index in [0.29, 0.717) is 20.6 Å². The molecule has 0 amide bonds. The van der Waals surface area contributed by atoms with E-state index >= 15 is 0 Å². The highest BCUT2D eigenvalue weighted by Gasteiger charge is 2.26. The van der Waals surface area contributed by atoms with Crippen LogP contribution >= 0.6 is 39.1 Å². The van der Waals surface area contributed by atoms with E-state index in [1.807, 2.05) is 0 Å². The molecular formula is C24H14BrCl2NO5. The van der Waals surface area contributed by atoms with Gasteiger partial charge in [0.25, 0.3) is 0 Å². The summed E-state index contributed by atoms with van der Waals surface area (Å²) in [6.07, 6.45) is 1.53. The molecule has 0 unspecified atom stereocenters. The molecule has 0 fully saturated rings. The maximum Gasteiger partial charge on any atom is 0.363 e. The van der Waals surface area contributed by atoms with Crippen molar-refractivity contribution in [1.82, 2.24) is 0 Å². The van der Waals surface area contributed by atoms with Crippen LogP contribution < -0.4 is 9.47 Å². The summed E-state index contributed by atoms with van der Waals surface area (Å²) in [5.41, 5.74) is 1.37. The Kier molecular flexibility index (Phi) is 6.83. The molecule has 9 heteroatoms. The van der Waals surface area contributed by atoms with Gasteiger partial charge in [0.2, 0.25) is 5.90 Å². The minimum atomic E-state index is -0.640. The number of benzene rings is 3. The predicted molar refractivity (Wildman–Crippen MR) is 129 cm³/mol. The van der Waals surface area contributed by atoms with E-state index in [-0.39, 0.29) is 33.7 Å². The van der Waals surface area contributed by atoms with Crippen LogP contribution in [0.1, 0.15) is 21.5 Å². The zero-order valence-corrected chi connectivity index (χ0v) is 20.1. The predicted octanol–water partition coefficient (Wildman–Crippen LogP) is 6.33. The third-order valence-corrected chi connectivity index (χ3v) is 5.82. The van der Waals surface area contributed by atoms with E-state index in [9.17, 15) is 9.59 Å². The number of carbonyl (C=O) groups is 2. The van der Waals surface area contributed by atoms with Gasteiger partial charge in [-0.15, -0.1) is 0 Å². The molecule has 0 atom stereocenters. The summed E-state index contributed by atoms with van der Waals surface area (Å²) in [6, 6.07) is 16.7. The summed E-state index contributed by atoms with van der Waals surface area (Å²) in [5, 5.41) is 0.685. The number of halogens is 3. The molecule has 0 aliphatic carbocycles. The Hall–Kier alpha value is -3.13. The van der Waals surface area contributed by atoms with Crippen LogP contribution in [0.4, 0.5) is 0 Å². The lowest BCUT2D eigenvalue weighted by atomic mass is 10.1. The molecule has 33 heavy (non-hydrogen) atoms. The number of rotatable bonds is 5. The van der Waals surface area contributed by atoms with Crippen molar-refractivity contribution < 1.29 is 23.8 Å². The Morgan fingerprint density at radius 2 is 1.76 bits per heavy atom. The van der Waals surface area contributed by atoms with Crippen LogP contribution in [-0.2, 0) is 9.53 Å². The SMILES string of the molecule is COc1cc(/C=C2\N=C(c3ccccc3Cl)OC2=O)cc(Br)c1OC(=O)c1ccccc1Cl. The summed E-state index contributed by atoms with van der Waals surface area (Å²) in [5.74, 6) is -0.710. The number of methoxy groups -OCH3 is 1. The van der Waals surface area contributed by atoms with Gasteiger partial charge in [0, 0.05) is 0 Å². The standard InChI is InChI=1S/C24H14BrCl2NO5/c1-31-20-12-13(10-16(25)21(20)32-23(29)15-7-3-5-9-18(15)27)11-19-24(30)33-22(28-19)14-6-2-4-8-17(14)26/h2-12H,1H3/b19-11-. The van der Waals surface area contributed by atoms with Gasteiger partial charge in [-0.2, -0.15) is 0 Å². The summed E-state index contributed by atoms with van der Waals surface area (Å²) in [7, 11) is 1.43. The van der Waals surface area contributed by atoms with Crippen LogP contribution in [0.15, 0.2) is 75.8 Å². The number of hydrogen-bond donors (Lipinski definition) is 0. The zero-order valence-electron chi connectivity index (χ0n) is 17.0. The van der Waals surface area contributed by atoms with Gasteiger partial charge in [0.15, 0.2) is 17.2 Å². The average Bonchev–Trinajstić information content (AvgIpc) is 3.15. The van der Waals surface area contributed by atoms with E-state index in [1.54, 1.807) is 60.7 Å². The van der Waals surface area contributed by atoms with Gasteiger partial charge in [-0.1, -0.05) is 47.5 Å². The van der Waals surface area contributed by atoms with Crippen LogP contribution in [0.2, 0.25) is 10.0 Å². The van der Waals surface area contributed by atoms with Crippen molar-refractivity contribution in [2.45, 2.75) is 0 Å². The fourth-order valence-electron chi connectivity index (χ4n) is 3.01. The highest BCUT2D eigenvalue weighted by atomic mass is 79.9. The van der Waals surface area contributed by atoms with Crippen molar-refractivity contribution in [1.29, 1.82) is 0 Å². The van der Waals surface area contributed by atoms with E-state index in [2.05, 4.69) is 20.9 Å². The second kappa shape index (κ2) is 9.79. The van der Waals surface area contributed by atoms with Crippen molar-refractivity contribution in [3.05, 3.63) is 97.6 Å². The van der Waals surface area contributed by atoms with Crippen molar-refractivity contribution in [3.63, 3.8) is 0 Å². The summed E-state index contributed by atoms with van der Waals surface area (Å²) in [6.45, 7) is 0. The number of ether oxygens (including phenoxy) is 3. The Labute approximate surface area is 207 Å². The number of aliphatic imine (C=N–C) groups is 1. The molecule has 166 valence electrons. The smallest absolute Gasteiger partial charge is 0.363 e. The maximum absolute atomic E-state index is 12.6. The summed E-state index contributed by atoms with van der Waals surface area (Å²) >= 11 is 15.6. The minimum absolute atomic E-state index is 0.0830. The average molecular weight is 547 g/mol. The lowest BCUT2D eigenvalue weighted by Crippen LogP contribution is -2.10. The molecule has 4 rings (SSSR count). The fraction of sp³-hybridized carbons (Fsp3) is 0.0417. The first-order chi connectivity index (χ1) is 15.9. The highest BCUT2D eigenvalue weighted by Crippen LogP contribution is 2.38. The van der Waals surface area contributed by atoms with Crippen molar-refractivity contribution in [3.8, 4) is 11.5 Å². The monoisotopic (exact) mass is 545 g/mol. The van der Waals surface area contributed by atoms with Gasteiger partial charge in [-0.3, -0.25) is 0 Å². The molecule has 1 aliphatic rings. The van der Waals surface area contributed by atoms with Gasteiger partial charge in [0.05, 0.1) is 32.8 Å². The van der Waals surface area contributed by atoms with E-state index < -0.39 is 11.9 Å². The number of carbonyl (C=O) groups excluding carboxylic acids is 2. The first-order valence-corrected chi connectivity index (χ1v) is 11.0. The molecule has 3 aromatic carbocycles. The van der Waals surface area contributed by atoms with Crippen LogP contribution in [0.3, 0.4) is 0 Å². The Morgan fingerprint density at radius 3 is 2.45 bits per heavy atom. The third-order valence-electron chi connectivity index (χ3n) is 4.57. The van der Waals surface area contributed by atoms with E-state index in [1.165, 1.54) is 13.2 Å². The second-order valence-electron chi connectivity index (χ2n) is 6.72. The van der Waals surface area contributed by atoms with Gasteiger partial charge >= 0.3 is 11.9 Å². The zero-order chi connectivity index (χ0) is 23.5. The topological polar surface area (TPSA) is 74.2 Å². The lowest BCUT2D eigenvalue weighted by molar-refractivity contribution is -0.129. The normalized spacial score (nSPS) is 14.1. The van der Waals surface area contributed by atoms with Crippen LogP contribution in [0.25, 0.3) is 6.08 Å². The molecule has 1 heterocycles. The molecular weight excluding hydrogens is 533 g/mol. The number of nitrogens with zero attached hydrogens (tertiary/aromatic N) is 1. The molecule has 3 aromatic rings. The number of esters is 2. The van der Waals surface area contributed by atoms with Gasteiger partial charge in [-0.05, 0) is 64.0 Å². The van der Waals surface area contributed by atoms with E-state index in [0.717, 1.165) is 0 Å². The molecule has 0 spiro atoms. The van der Waals surface area contributed by atoms with E-state index in [4.69, 9.17) is 37.4 Å². The van der Waals surface area contributed by atoms with Gasteiger partial charge in [0.1, 0.15) is 0 Å². The lowest BCUT2D eigenvalue weighted by Gasteiger charge is -2.13. The van der Waals surface area contributed by atoms with Crippen molar-refractivity contribution >= 4 is 63.0 Å². The Balaban J connectivity index is 1.65. The first kappa shape index (κ1) is 23.0. The molecule has 0 saturated heterocycles. The van der Waals surface area contributed by atoms with Gasteiger partial charge < -0.3 is 14.2 Å². The number of cyclic esters (lactones) is 1. The molecule has 0 N–H and O–H groups in total. The Bertz CT molecular complexity index is 1340. The quantitative estimate of drug-likeness (QED) is 0.212. The molecule has 0 saturated carbocycles. The molecule has 1 aliphatic heterocycles. The van der Waals surface area contributed by atoms with Crippen LogP contribution in [0.5, 0.6) is 11.5 Å². The largest absolute Gasteiger partial charge is 0.493 e. The molecule has 0 bridgehead atoms.